The summed E-state index contributed by atoms with van der Waals surface area (Å²) in [5, 5.41) is 12.6. The molecule has 0 aliphatic rings. The highest BCUT2D eigenvalue weighted by molar-refractivity contribution is 6.30. The Hall–Kier alpha value is -2.30. The molecule has 3 aromatic rings. The Labute approximate surface area is 138 Å². The second-order valence-electron chi connectivity index (χ2n) is 5.21. The lowest BCUT2D eigenvalue weighted by molar-refractivity contribution is -0.161. The maximum atomic E-state index is 12.5. The third-order valence-corrected chi connectivity index (χ3v) is 4.00. The van der Waals surface area contributed by atoms with Crippen LogP contribution in [0.1, 0.15) is 18.2 Å². The Morgan fingerprint density at radius 2 is 1.91 bits per heavy atom. The van der Waals surface area contributed by atoms with Gasteiger partial charge in [0, 0.05) is 16.1 Å². The van der Waals surface area contributed by atoms with Crippen LogP contribution in [0.25, 0.3) is 10.9 Å². The monoisotopic (exact) mass is 329 g/mol. The maximum absolute atomic E-state index is 12.5. The molecular weight excluding hydrogens is 314 g/mol. The van der Waals surface area contributed by atoms with E-state index in [1.807, 2.05) is 24.3 Å². The number of esters is 1. The van der Waals surface area contributed by atoms with Crippen molar-refractivity contribution in [3.63, 3.8) is 0 Å². The van der Waals surface area contributed by atoms with Crippen LogP contribution in [0.2, 0.25) is 5.02 Å². The van der Waals surface area contributed by atoms with E-state index in [2.05, 4.69) is 4.98 Å². The minimum Gasteiger partial charge on any atom is -0.463 e. The van der Waals surface area contributed by atoms with Gasteiger partial charge in [0.15, 0.2) is 0 Å². The van der Waals surface area contributed by atoms with Gasteiger partial charge in [-0.2, -0.15) is 0 Å². The summed E-state index contributed by atoms with van der Waals surface area (Å²) in [6.07, 6.45) is 0. The highest BCUT2D eigenvalue weighted by Gasteiger charge is 2.43. The molecule has 2 N–H and O–H groups in total. The van der Waals surface area contributed by atoms with Crippen molar-refractivity contribution in [3.8, 4) is 0 Å². The fourth-order valence-electron chi connectivity index (χ4n) is 2.58. The number of aliphatic hydroxyl groups is 1. The van der Waals surface area contributed by atoms with Crippen LogP contribution in [0.5, 0.6) is 0 Å². The SMILES string of the molecule is CCOC(=O)[C@@](O)(c1ccc(Cl)cc1)c1cc2ccccc2[nH]1. The first kappa shape index (κ1) is 15.6. The maximum Gasteiger partial charge on any atom is 0.349 e. The number of hydrogen-bond donors (Lipinski definition) is 2. The summed E-state index contributed by atoms with van der Waals surface area (Å²) in [7, 11) is 0. The van der Waals surface area contributed by atoms with E-state index in [0.29, 0.717) is 16.3 Å². The Morgan fingerprint density at radius 3 is 2.57 bits per heavy atom. The van der Waals surface area contributed by atoms with E-state index in [9.17, 15) is 9.90 Å². The minimum atomic E-state index is -1.92. The van der Waals surface area contributed by atoms with Gasteiger partial charge in [-0.25, -0.2) is 4.79 Å². The lowest BCUT2D eigenvalue weighted by atomic mass is 9.90. The summed E-state index contributed by atoms with van der Waals surface area (Å²) >= 11 is 5.91. The van der Waals surface area contributed by atoms with Crippen LogP contribution in [0, 0.1) is 0 Å². The van der Waals surface area contributed by atoms with Crippen molar-refractivity contribution in [2.75, 3.05) is 6.61 Å². The second kappa shape index (κ2) is 6.07. The van der Waals surface area contributed by atoms with Crippen LogP contribution in [-0.4, -0.2) is 22.7 Å². The zero-order valence-electron chi connectivity index (χ0n) is 12.5. The van der Waals surface area contributed by atoms with Crippen molar-refractivity contribution in [2.24, 2.45) is 0 Å². The molecule has 0 unspecified atom stereocenters. The average Bonchev–Trinajstić information content (AvgIpc) is 2.99. The molecule has 1 aromatic heterocycles. The van der Waals surface area contributed by atoms with Crippen LogP contribution in [0.15, 0.2) is 54.6 Å². The minimum absolute atomic E-state index is 0.176. The molecule has 5 heteroatoms. The Bertz CT molecular complexity index is 808. The molecule has 0 fully saturated rings. The number of carbonyl (C=O) groups is 1. The smallest absolute Gasteiger partial charge is 0.349 e. The second-order valence-corrected chi connectivity index (χ2v) is 5.64. The van der Waals surface area contributed by atoms with Crippen molar-refractivity contribution in [1.29, 1.82) is 0 Å². The molecule has 0 saturated carbocycles. The zero-order valence-corrected chi connectivity index (χ0v) is 13.3. The van der Waals surface area contributed by atoms with Crippen molar-refractivity contribution < 1.29 is 14.6 Å². The summed E-state index contributed by atoms with van der Waals surface area (Å²) in [5.41, 5.74) is -0.329. The fraction of sp³-hybridized carbons (Fsp3) is 0.167. The molecule has 0 amide bonds. The van der Waals surface area contributed by atoms with Crippen molar-refractivity contribution >= 4 is 28.5 Å². The molecule has 4 nitrogen and oxygen atoms in total. The van der Waals surface area contributed by atoms with Crippen molar-refractivity contribution in [1.82, 2.24) is 4.98 Å². The lowest BCUT2D eigenvalue weighted by Crippen LogP contribution is -2.39. The van der Waals surface area contributed by atoms with E-state index >= 15 is 0 Å². The van der Waals surface area contributed by atoms with Gasteiger partial charge >= 0.3 is 5.97 Å². The number of ether oxygens (including phenoxy) is 1. The Morgan fingerprint density at radius 1 is 1.22 bits per heavy atom. The van der Waals surface area contributed by atoms with E-state index in [4.69, 9.17) is 16.3 Å². The van der Waals surface area contributed by atoms with Gasteiger partial charge in [0.05, 0.1) is 12.3 Å². The molecule has 1 heterocycles. The number of fused-ring (bicyclic) bond motifs is 1. The molecule has 0 bridgehead atoms. The topological polar surface area (TPSA) is 62.3 Å². The number of benzene rings is 2. The summed E-state index contributed by atoms with van der Waals surface area (Å²) in [6.45, 7) is 1.88. The van der Waals surface area contributed by atoms with Gasteiger partial charge in [0.2, 0.25) is 5.60 Å². The molecule has 0 radical (unpaired) electrons. The van der Waals surface area contributed by atoms with Gasteiger partial charge in [-0.1, -0.05) is 41.9 Å². The molecule has 3 rings (SSSR count). The quantitative estimate of drug-likeness (QED) is 0.719. The summed E-state index contributed by atoms with van der Waals surface area (Å²) in [6, 6.07) is 15.8. The van der Waals surface area contributed by atoms with Crippen LogP contribution >= 0.6 is 11.6 Å². The van der Waals surface area contributed by atoms with Gasteiger partial charge in [0.1, 0.15) is 0 Å². The third-order valence-electron chi connectivity index (χ3n) is 3.75. The van der Waals surface area contributed by atoms with Gasteiger partial charge < -0.3 is 14.8 Å². The standard InChI is InChI=1S/C18H16ClNO3/c1-2-23-17(21)18(22,13-7-9-14(19)10-8-13)16-11-12-5-3-4-6-15(12)20-16/h3-11,20,22H,2H2,1H3/t18-/m1/s1. The average molecular weight is 330 g/mol. The predicted molar refractivity (Wildman–Crippen MR) is 89.4 cm³/mol. The van der Waals surface area contributed by atoms with E-state index < -0.39 is 11.6 Å². The van der Waals surface area contributed by atoms with Gasteiger partial charge in [-0.05, 0) is 36.6 Å². The lowest BCUT2D eigenvalue weighted by Gasteiger charge is -2.25. The van der Waals surface area contributed by atoms with E-state index in [-0.39, 0.29) is 6.61 Å². The highest BCUT2D eigenvalue weighted by Crippen LogP contribution is 2.33. The molecule has 23 heavy (non-hydrogen) atoms. The van der Waals surface area contributed by atoms with Crippen LogP contribution in [-0.2, 0) is 15.1 Å². The van der Waals surface area contributed by atoms with E-state index in [0.717, 1.165) is 10.9 Å². The van der Waals surface area contributed by atoms with E-state index in [1.54, 1.807) is 37.3 Å². The number of H-pyrrole nitrogens is 1. The van der Waals surface area contributed by atoms with Crippen molar-refractivity contribution in [2.45, 2.75) is 12.5 Å². The number of carbonyl (C=O) groups excluding carboxylic acids is 1. The van der Waals surface area contributed by atoms with E-state index in [1.165, 1.54) is 0 Å². The third kappa shape index (κ3) is 2.71. The molecule has 0 spiro atoms. The number of aromatic nitrogens is 1. The van der Waals surface area contributed by atoms with Crippen LogP contribution in [0.4, 0.5) is 0 Å². The highest BCUT2D eigenvalue weighted by atomic mass is 35.5. The number of para-hydroxylation sites is 1. The Balaban J connectivity index is 2.18. The first-order valence-corrected chi connectivity index (χ1v) is 7.67. The molecule has 1 atom stereocenters. The van der Waals surface area contributed by atoms with Gasteiger partial charge in [0.25, 0.3) is 0 Å². The van der Waals surface area contributed by atoms with Crippen LogP contribution in [0.3, 0.4) is 0 Å². The van der Waals surface area contributed by atoms with Crippen molar-refractivity contribution in [3.05, 3.63) is 70.9 Å². The number of aromatic amines is 1. The molecular formula is C18H16ClNO3. The number of rotatable bonds is 4. The number of halogens is 1. The zero-order chi connectivity index (χ0) is 16.4. The first-order valence-electron chi connectivity index (χ1n) is 7.29. The fourth-order valence-corrected chi connectivity index (χ4v) is 2.70. The van der Waals surface area contributed by atoms with Gasteiger partial charge in [-0.3, -0.25) is 0 Å². The summed E-state index contributed by atoms with van der Waals surface area (Å²) < 4.78 is 5.10. The number of hydrogen-bond acceptors (Lipinski definition) is 3. The molecule has 0 saturated heterocycles. The van der Waals surface area contributed by atoms with Gasteiger partial charge in [-0.15, -0.1) is 0 Å². The molecule has 2 aromatic carbocycles. The summed E-state index contributed by atoms with van der Waals surface area (Å²) in [5.74, 6) is -0.728. The predicted octanol–water partition coefficient (Wildman–Crippen LogP) is 3.62. The molecule has 0 aliphatic heterocycles. The number of nitrogens with one attached hydrogen (secondary N) is 1. The molecule has 0 aliphatic carbocycles. The largest absolute Gasteiger partial charge is 0.463 e. The normalized spacial score (nSPS) is 13.7. The Kier molecular flexibility index (Phi) is 4.11. The molecule has 118 valence electrons. The van der Waals surface area contributed by atoms with Crippen LogP contribution < -0.4 is 0 Å². The summed E-state index contributed by atoms with van der Waals surface area (Å²) in [4.78, 5) is 15.6. The first-order chi connectivity index (χ1) is 11.1.